The Morgan fingerprint density at radius 1 is 1.62 bits per heavy atom. The van der Waals surface area contributed by atoms with Gasteiger partial charge in [-0.2, -0.15) is 4.98 Å². The Morgan fingerprint density at radius 3 is 2.88 bits per heavy atom. The number of nitrogens with two attached hydrogens (primary N) is 1. The Hall–Kier alpha value is -1.07. The van der Waals surface area contributed by atoms with Crippen molar-refractivity contribution in [1.29, 1.82) is 0 Å². The third kappa shape index (κ3) is 2.36. The SMILES string of the molecule is CC1(C)CC1CNc1nc(NN)ncc1Cl. The van der Waals surface area contributed by atoms with E-state index in [0.29, 0.717) is 28.1 Å². The van der Waals surface area contributed by atoms with Crippen LogP contribution in [0.4, 0.5) is 11.8 Å². The third-order valence-corrected chi connectivity index (χ3v) is 3.38. The molecule has 16 heavy (non-hydrogen) atoms. The maximum absolute atomic E-state index is 5.97. The monoisotopic (exact) mass is 241 g/mol. The number of aromatic nitrogens is 2. The number of nitrogens with zero attached hydrogens (tertiary/aromatic N) is 2. The highest BCUT2D eigenvalue weighted by atomic mass is 35.5. The van der Waals surface area contributed by atoms with Gasteiger partial charge in [-0.25, -0.2) is 10.8 Å². The maximum Gasteiger partial charge on any atom is 0.239 e. The van der Waals surface area contributed by atoms with Crippen molar-refractivity contribution in [1.82, 2.24) is 9.97 Å². The molecule has 1 aliphatic rings. The number of hydrogen-bond acceptors (Lipinski definition) is 5. The lowest BCUT2D eigenvalue weighted by Gasteiger charge is -2.09. The van der Waals surface area contributed by atoms with Gasteiger partial charge in [-0.15, -0.1) is 0 Å². The number of nitrogen functional groups attached to an aromatic ring is 1. The molecule has 0 aromatic carbocycles. The summed E-state index contributed by atoms with van der Waals surface area (Å²) >= 11 is 5.97. The first-order valence-corrected chi connectivity index (χ1v) is 5.64. The van der Waals surface area contributed by atoms with Crippen LogP contribution in [-0.4, -0.2) is 16.5 Å². The van der Waals surface area contributed by atoms with Crippen molar-refractivity contribution in [3.63, 3.8) is 0 Å². The molecule has 1 saturated carbocycles. The topological polar surface area (TPSA) is 75.9 Å². The average Bonchev–Trinajstić information content (AvgIpc) is 2.85. The molecule has 2 rings (SSSR count). The van der Waals surface area contributed by atoms with Crippen LogP contribution in [0.5, 0.6) is 0 Å². The van der Waals surface area contributed by atoms with Crippen molar-refractivity contribution in [2.24, 2.45) is 17.2 Å². The van der Waals surface area contributed by atoms with Crippen molar-refractivity contribution < 1.29 is 0 Å². The van der Waals surface area contributed by atoms with Crippen LogP contribution in [0.1, 0.15) is 20.3 Å². The van der Waals surface area contributed by atoms with E-state index >= 15 is 0 Å². The quantitative estimate of drug-likeness (QED) is 0.554. The second-order valence-corrected chi connectivity index (χ2v) is 5.21. The van der Waals surface area contributed by atoms with Crippen molar-refractivity contribution in [3.8, 4) is 0 Å². The van der Waals surface area contributed by atoms with Crippen LogP contribution in [0, 0.1) is 11.3 Å². The summed E-state index contributed by atoms with van der Waals surface area (Å²) in [6.45, 7) is 5.40. The molecule has 0 spiro atoms. The Morgan fingerprint density at radius 2 is 2.31 bits per heavy atom. The smallest absolute Gasteiger partial charge is 0.239 e. The first-order valence-electron chi connectivity index (χ1n) is 5.26. The Labute approximate surface area is 99.8 Å². The standard InChI is InChI=1S/C10H16ClN5/c1-10(2)3-6(10)4-13-8-7(11)5-14-9(15-8)16-12/h5-6H,3-4,12H2,1-2H3,(H2,13,14,15,16). The van der Waals surface area contributed by atoms with Gasteiger partial charge < -0.3 is 5.32 Å². The van der Waals surface area contributed by atoms with Crippen LogP contribution in [0.2, 0.25) is 5.02 Å². The van der Waals surface area contributed by atoms with Crippen molar-refractivity contribution in [2.45, 2.75) is 20.3 Å². The van der Waals surface area contributed by atoms with Crippen molar-refractivity contribution >= 4 is 23.4 Å². The minimum atomic E-state index is 0.363. The molecule has 0 amide bonds. The van der Waals surface area contributed by atoms with Gasteiger partial charge in [-0.3, -0.25) is 5.43 Å². The molecule has 0 bridgehead atoms. The molecule has 4 N–H and O–H groups in total. The minimum absolute atomic E-state index is 0.363. The van der Waals surface area contributed by atoms with Gasteiger partial charge in [0.15, 0.2) is 5.82 Å². The zero-order valence-electron chi connectivity index (χ0n) is 9.42. The zero-order chi connectivity index (χ0) is 11.8. The molecule has 0 radical (unpaired) electrons. The molecule has 1 unspecified atom stereocenters. The predicted octanol–water partition coefficient (Wildman–Crippen LogP) is 1.87. The highest BCUT2D eigenvalue weighted by molar-refractivity contribution is 6.32. The number of anilines is 2. The molecule has 1 aromatic rings. The van der Waals surface area contributed by atoms with Gasteiger partial charge in [0.2, 0.25) is 5.95 Å². The van der Waals surface area contributed by atoms with Crippen LogP contribution in [0.3, 0.4) is 0 Å². The number of halogens is 1. The molecule has 0 saturated heterocycles. The van der Waals surface area contributed by atoms with Gasteiger partial charge in [0.25, 0.3) is 0 Å². The van der Waals surface area contributed by atoms with E-state index < -0.39 is 0 Å². The summed E-state index contributed by atoms with van der Waals surface area (Å²) in [5.74, 6) is 6.92. The van der Waals surface area contributed by atoms with Crippen LogP contribution < -0.4 is 16.6 Å². The van der Waals surface area contributed by atoms with Crippen LogP contribution in [0.15, 0.2) is 6.20 Å². The summed E-state index contributed by atoms with van der Waals surface area (Å²) in [5.41, 5.74) is 2.84. The lowest BCUT2D eigenvalue weighted by molar-refractivity contribution is 0.573. The van der Waals surface area contributed by atoms with Gasteiger partial charge in [-0.05, 0) is 17.8 Å². The molecule has 1 atom stereocenters. The van der Waals surface area contributed by atoms with E-state index in [4.69, 9.17) is 17.4 Å². The Kier molecular flexibility index (Phi) is 2.90. The largest absolute Gasteiger partial charge is 0.368 e. The number of rotatable bonds is 4. The molecule has 5 nitrogen and oxygen atoms in total. The molecule has 88 valence electrons. The summed E-state index contributed by atoms with van der Waals surface area (Å²) in [7, 11) is 0. The van der Waals surface area contributed by atoms with Crippen molar-refractivity contribution in [2.75, 3.05) is 17.3 Å². The Balaban J connectivity index is 1.98. The third-order valence-electron chi connectivity index (χ3n) is 3.11. The number of hydrazine groups is 1. The molecule has 1 heterocycles. The molecule has 1 aromatic heterocycles. The lowest BCUT2D eigenvalue weighted by atomic mass is 10.1. The van der Waals surface area contributed by atoms with Gasteiger partial charge in [0, 0.05) is 6.54 Å². The first-order chi connectivity index (χ1) is 7.53. The lowest BCUT2D eigenvalue weighted by Crippen LogP contribution is -2.13. The average molecular weight is 242 g/mol. The number of nitrogens with one attached hydrogen (secondary N) is 2. The van der Waals surface area contributed by atoms with E-state index in [1.54, 1.807) is 0 Å². The van der Waals surface area contributed by atoms with Crippen molar-refractivity contribution in [3.05, 3.63) is 11.2 Å². The summed E-state index contributed by atoms with van der Waals surface area (Å²) < 4.78 is 0. The van der Waals surface area contributed by atoms with Gasteiger partial charge in [0.1, 0.15) is 5.02 Å². The molecule has 1 aliphatic carbocycles. The van der Waals surface area contributed by atoms with Crippen LogP contribution >= 0.6 is 11.6 Å². The summed E-state index contributed by atoms with van der Waals surface area (Å²) in [6.07, 6.45) is 2.77. The maximum atomic E-state index is 5.97. The fourth-order valence-corrected chi connectivity index (χ4v) is 1.86. The Bertz CT molecular complexity index is 393. The van der Waals surface area contributed by atoms with Crippen LogP contribution in [0.25, 0.3) is 0 Å². The van der Waals surface area contributed by atoms with E-state index in [1.165, 1.54) is 12.6 Å². The molecule has 1 fully saturated rings. The highest BCUT2D eigenvalue weighted by Crippen LogP contribution is 2.51. The summed E-state index contributed by atoms with van der Waals surface area (Å²) in [4.78, 5) is 8.06. The second-order valence-electron chi connectivity index (χ2n) is 4.81. The molecular weight excluding hydrogens is 226 g/mol. The van der Waals surface area contributed by atoms with Gasteiger partial charge in [-0.1, -0.05) is 25.4 Å². The predicted molar refractivity (Wildman–Crippen MR) is 65.2 cm³/mol. The van der Waals surface area contributed by atoms with E-state index in [0.717, 1.165) is 6.54 Å². The van der Waals surface area contributed by atoms with E-state index in [9.17, 15) is 0 Å². The fourth-order valence-electron chi connectivity index (χ4n) is 1.71. The van der Waals surface area contributed by atoms with Crippen LogP contribution in [-0.2, 0) is 0 Å². The molecular formula is C10H16ClN5. The highest BCUT2D eigenvalue weighted by Gasteiger charge is 2.45. The van der Waals surface area contributed by atoms with E-state index in [1.807, 2.05) is 0 Å². The first kappa shape index (κ1) is 11.4. The summed E-state index contributed by atoms with van der Waals surface area (Å²) in [5, 5.41) is 3.74. The molecule has 6 heteroatoms. The van der Waals surface area contributed by atoms with E-state index in [2.05, 4.69) is 34.6 Å². The fraction of sp³-hybridized carbons (Fsp3) is 0.600. The molecule has 0 aliphatic heterocycles. The van der Waals surface area contributed by atoms with Gasteiger partial charge >= 0.3 is 0 Å². The number of hydrogen-bond donors (Lipinski definition) is 3. The summed E-state index contributed by atoms with van der Waals surface area (Å²) in [6, 6.07) is 0. The minimum Gasteiger partial charge on any atom is -0.368 e. The zero-order valence-corrected chi connectivity index (χ0v) is 10.2. The normalized spacial score (nSPS) is 21.6. The van der Waals surface area contributed by atoms with E-state index in [-0.39, 0.29) is 0 Å². The second kappa shape index (κ2) is 4.07. The van der Waals surface area contributed by atoms with Gasteiger partial charge in [0.05, 0.1) is 6.20 Å².